The lowest BCUT2D eigenvalue weighted by Crippen LogP contribution is -2.43. The van der Waals surface area contributed by atoms with Crippen LogP contribution in [0.1, 0.15) is 27.2 Å². The van der Waals surface area contributed by atoms with Gasteiger partial charge in [-0.2, -0.15) is 0 Å². The number of carboxylic acid groups (broad SMARTS) is 1. The molecule has 0 aliphatic carbocycles. The average Bonchev–Trinajstić information content (AvgIpc) is 2.41. The Bertz CT molecular complexity index is 325. The molecule has 2 N–H and O–H groups in total. The number of hydrogen-bond donors (Lipinski definition) is 2. The van der Waals surface area contributed by atoms with Gasteiger partial charge in [0.25, 0.3) is 0 Å². The molecule has 0 aromatic heterocycles. The van der Waals surface area contributed by atoms with Gasteiger partial charge in [0.1, 0.15) is 5.60 Å². The van der Waals surface area contributed by atoms with Gasteiger partial charge in [0.05, 0.1) is 6.42 Å². The lowest BCUT2D eigenvalue weighted by atomic mass is 10.0. The van der Waals surface area contributed by atoms with Crippen LogP contribution in [0.3, 0.4) is 0 Å². The standard InChI is InChI=1S/C12H22N2O4/c1-12(2,3)18-11(17)13-9-7-14(4)6-8(9)5-10(15)16/h8-9H,5-7H2,1-4H3,(H,13,17)(H,15,16). The van der Waals surface area contributed by atoms with Crippen molar-refractivity contribution in [1.82, 2.24) is 10.2 Å². The van der Waals surface area contributed by atoms with E-state index in [2.05, 4.69) is 5.32 Å². The van der Waals surface area contributed by atoms with Gasteiger partial charge in [-0.05, 0) is 27.8 Å². The molecule has 0 bridgehead atoms. The zero-order chi connectivity index (χ0) is 13.9. The van der Waals surface area contributed by atoms with Crippen LogP contribution in [-0.4, -0.2) is 53.8 Å². The van der Waals surface area contributed by atoms with E-state index in [0.717, 1.165) is 0 Å². The molecule has 0 aromatic rings. The summed E-state index contributed by atoms with van der Waals surface area (Å²) in [5, 5.41) is 11.6. The molecule has 1 rings (SSSR count). The quantitative estimate of drug-likeness (QED) is 0.787. The smallest absolute Gasteiger partial charge is 0.407 e. The van der Waals surface area contributed by atoms with Crippen molar-refractivity contribution < 1.29 is 19.4 Å². The summed E-state index contributed by atoms with van der Waals surface area (Å²) in [5.74, 6) is -0.911. The molecule has 0 saturated carbocycles. The summed E-state index contributed by atoms with van der Waals surface area (Å²) < 4.78 is 5.17. The van der Waals surface area contributed by atoms with Crippen LogP contribution in [0.5, 0.6) is 0 Å². The van der Waals surface area contributed by atoms with E-state index in [1.165, 1.54) is 0 Å². The second-order valence-electron chi connectivity index (χ2n) is 5.83. The van der Waals surface area contributed by atoms with E-state index in [9.17, 15) is 9.59 Å². The van der Waals surface area contributed by atoms with Crippen LogP contribution in [-0.2, 0) is 9.53 Å². The van der Waals surface area contributed by atoms with Crippen molar-refractivity contribution in [2.24, 2.45) is 5.92 Å². The fourth-order valence-corrected chi connectivity index (χ4v) is 2.14. The number of hydrogen-bond acceptors (Lipinski definition) is 4. The van der Waals surface area contributed by atoms with Gasteiger partial charge in [0, 0.05) is 25.0 Å². The number of rotatable bonds is 3. The maximum absolute atomic E-state index is 11.7. The molecule has 2 unspecified atom stereocenters. The van der Waals surface area contributed by atoms with E-state index in [0.29, 0.717) is 13.1 Å². The first-order chi connectivity index (χ1) is 8.17. The highest BCUT2D eigenvalue weighted by Crippen LogP contribution is 2.19. The Labute approximate surface area is 107 Å². The van der Waals surface area contributed by atoms with Crippen molar-refractivity contribution >= 4 is 12.1 Å². The SMILES string of the molecule is CN1CC(CC(=O)O)C(NC(=O)OC(C)(C)C)C1. The third kappa shape index (κ3) is 4.91. The summed E-state index contributed by atoms with van der Waals surface area (Å²) in [6.45, 7) is 6.70. The molecule has 1 amide bonds. The van der Waals surface area contributed by atoms with E-state index in [4.69, 9.17) is 9.84 Å². The number of carbonyl (C=O) groups is 2. The molecular formula is C12H22N2O4. The Morgan fingerprint density at radius 3 is 2.50 bits per heavy atom. The number of nitrogens with zero attached hydrogens (tertiary/aromatic N) is 1. The maximum Gasteiger partial charge on any atom is 0.407 e. The Balaban J connectivity index is 2.53. The van der Waals surface area contributed by atoms with Gasteiger partial charge >= 0.3 is 12.1 Å². The summed E-state index contributed by atoms with van der Waals surface area (Å²) in [7, 11) is 1.91. The lowest BCUT2D eigenvalue weighted by Gasteiger charge is -2.23. The molecule has 0 radical (unpaired) electrons. The molecule has 0 aromatic carbocycles. The molecule has 104 valence electrons. The minimum atomic E-state index is -0.841. The zero-order valence-corrected chi connectivity index (χ0v) is 11.4. The topological polar surface area (TPSA) is 78.9 Å². The molecule has 1 fully saturated rings. The van der Waals surface area contributed by atoms with E-state index >= 15 is 0 Å². The molecule has 18 heavy (non-hydrogen) atoms. The van der Waals surface area contributed by atoms with Gasteiger partial charge in [-0.3, -0.25) is 4.79 Å². The second kappa shape index (κ2) is 5.56. The number of ether oxygens (including phenoxy) is 1. The number of carbonyl (C=O) groups excluding carboxylic acids is 1. The summed E-state index contributed by atoms with van der Waals surface area (Å²) in [6.07, 6.45) is -0.427. The predicted octanol–water partition coefficient (Wildman–Crippen LogP) is 0.916. The van der Waals surface area contributed by atoms with Crippen molar-refractivity contribution in [3.05, 3.63) is 0 Å². The highest BCUT2D eigenvalue weighted by atomic mass is 16.6. The van der Waals surface area contributed by atoms with E-state index < -0.39 is 17.7 Å². The van der Waals surface area contributed by atoms with E-state index in [1.807, 2.05) is 11.9 Å². The van der Waals surface area contributed by atoms with Crippen LogP contribution in [0.15, 0.2) is 0 Å². The fraction of sp³-hybridized carbons (Fsp3) is 0.833. The second-order valence-corrected chi connectivity index (χ2v) is 5.83. The summed E-state index contributed by atoms with van der Waals surface area (Å²) in [4.78, 5) is 24.4. The molecule has 0 spiro atoms. The summed E-state index contributed by atoms with van der Waals surface area (Å²) >= 11 is 0. The number of nitrogens with one attached hydrogen (secondary N) is 1. The Morgan fingerprint density at radius 1 is 1.39 bits per heavy atom. The molecule has 1 aliphatic rings. The average molecular weight is 258 g/mol. The van der Waals surface area contributed by atoms with E-state index in [-0.39, 0.29) is 18.4 Å². The third-order valence-corrected chi connectivity index (χ3v) is 2.76. The Kier molecular flexibility index (Phi) is 4.56. The van der Waals surface area contributed by atoms with Crippen molar-refractivity contribution in [3.63, 3.8) is 0 Å². The highest BCUT2D eigenvalue weighted by molar-refractivity contribution is 5.69. The summed E-state index contributed by atoms with van der Waals surface area (Å²) in [6, 6.07) is -0.166. The van der Waals surface area contributed by atoms with Gasteiger partial charge in [-0.1, -0.05) is 0 Å². The van der Waals surface area contributed by atoms with Gasteiger partial charge in [0.2, 0.25) is 0 Å². The molecular weight excluding hydrogens is 236 g/mol. The lowest BCUT2D eigenvalue weighted by molar-refractivity contribution is -0.138. The highest BCUT2D eigenvalue weighted by Gasteiger charge is 2.34. The van der Waals surface area contributed by atoms with Crippen molar-refractivity contribution in [3.8, 4) is 0 Å². The summed E-state index contributed by atoms with van der Waals surface area (Å²) in [5.41, 5.74) is -0.545. The van der Waals surface area contributed by atoms with Crippen LogP contribution < -0.4 is 5.32 Å². The number of amides is 1. The van der Waals surface area contributed by atoms with Gasteiger partial charge in [-0.25, -0.2) is 4.79 Å². The molecule has 1 saturated heterocycles. The van der Waals surface area contributed by atoms with Crippen LogP contribution in [0.2, 0.25) is 0 Å². The first kappa shape index (κ1) is 14.8. The largest absolute Gasteiger partial charge is 0.481 e. The monoisotopic (exact) mass is 258 g/mol. The van der Waals surface area contributed by atoms with Crippen LogP contribution in [0, 0.1) is 5.92 Å². The van der Waals surface area contributed by atoms with Crippen LogP contribution >= 0.6 is 0 Å². The van der Waals surface area contributed by atoms with Crippen LogP contribution in [0.25, 0.3) is 0 Å². The Morgan fingerprint density at radius 2 is 2.00 bits per heavy atom. The zero-order valence-electron chi connectivity index (χ0n) is 11.4. The Hall–Kier alpha value is -1.30. The normalized spacial score (nSPS) is 24.9. The van der Waals surface area contributed by atoms with Gasteiger partial charge in [0.15, 0.2) is 0 Å². The van der Waals surface area contributed by atoms with Crippen molar-refractivity contribution in [2.45, 2.75) is 38.8 Å². The first-order valence-corrected chi connectivity index (χ1v) is 6.07. The number of likely N-dealkylation sites (tertiary alicyclic amines) is 1. The third-order valence-electron chi connectivity index (χ3n) is 2.76. The molecule has 1 heterocycles. The van der Waals surface area contributed by atoms with Crippen LogP contribution in [0.4, 0.5) is 4.79 Å². The number of alkyl carbamates (subject to hydrolysis) is 1. The fourth-order valence-electron chi connectivity index (χ4n) is 2.14. The van der Waals surface area contributed by atoms with Crippen molar-refractivity contribution in [1.29, 1.82) is 0 Å². The molecule has 1 aliphatic heterocycles. The molecule has 6 heteroatoms. The number of aliphatic carboxylic acids is 1. The van der Waals surface area contributed by atoms with Crippen molar-refractivity contribution in [2.75, 3.05) is 20.1 Å². The van der Waals surface area contributed by atoms with Gasteiger partial charge in [-0.15, -0.1) is 0 Å². The maximum atomic E-state index is 11.7. The molecule has 6 nitrogen and oxygen atoms in total. The predicted molar refractivity (Wildman–Crippen MR) is 66.4 cm³/mol. The first-order valence-electron chi connectivity index (χ1n) is 6.07. The molecule has 2 atom stereocenters. The number of carboxylic acids is 1. The minimum absolute atomic E-state index is 0.0603. The number of likely N-dealkylation sites (N-methyl/N-ethyl adjacent to an activating group) is 1. The van der Waals surface area contributed by atoms with E-state index in [1.54, 1.807) is 20.8 Å². The minimum Gasteiger partial charge on any atom is -0.481 e. The van der Waals surface area contributed by atoms with Gasteiger partial charge < -0.3 is 20.1 Å².